The van der Waals surface area contributed by atoms with E-state index < -0.39 is 5.91 Å². The minimum atomic E-state index is -0.407. The molecule has 4 N–H and O–H groups in total. The van der Waals surface area contributed by atoms with E-state index in [1.54, 1.807) is 6.07 Å². The molecule has 24 heavy (non-hydrogen) atoms. The fourth-order valence-electron chi connectivity index (χ4n) is 3.61. The van der Waals surface area contributed by atoms with Crippen LogP contribution in [0.1, 0.15) is 34.7 Å². The Morgan fingerprint density at radius 1 is 1.04 bits per heavy atom. The molecule has 1 aliphatic heterocycles. The Labute approximate surface area is 141 Å². The summed E-state index contributed by atoms with van der Waals surface area (Å²) in [5.74, 6) is 0.250. The van der Waals surface area contributed by atoms with Crippen molar-refractivity contribution in [3.05, 3.63) is 59.7 Å². The zero-order valence-electron chi connectivity index (χ0n) is 13.5. The molecule has 3 aromatic rings. The van der Waals surface area contributed by atoms with E-state index in [4.69, 9.17) is 5.73 Å². The number of fused-ring (bicyclic) bond motifs is 1. The Morgan fingerprint density at radius 2 is 1.79 bits per heavy atom. The first-order chi connectivity index (χ1) is 11.7. The number of benzene rings is 2. The highest BCUT2D eigenvalue weighted by molar-refractivity contribution is 6.06. The predicted octanol–water partition coefficient (Wildman–Crippen LogP) is 3.40. The van der Waals surface area contributed by atoms with E-state index in [1.165, 1.54) is 18.4 Å². The van der Waals surface area contributed by atoms with Crippen LogP contribution in [0.15, 0.2) is 48.5 Å². The van der Waals surface area contributed by atoms with Crippen LogP contribution in [0.4, 0.5) is 0 Å². The first-order valence-corrected chi connectivity index (χ1v) is 8.45. The van der Waals surface area contributed by atoms with Crippen molar-refractivity contribution >= 4 is 16.8 Å². The van der Waals surface area contributed by atoms with Gasteiger partial charge in [-0.25, -0.2) is 0 Å². The Kier molecular flexibility index (Phi) is 3.82. The maximum Gasteiger partial charge on any atom is 0.250 e. The zero-order valence-corrected chi connectivity index (χ0v) is 13.5. The molecular weight excluding hydrogens is 298 g/mol. The standard InChI is InChI=1S/C20H21N3O/c21-20(24)17-3-1-2-16-12-18(23-19(16)17)15-6-4-13(5-7-15)14-8-10-22-11-9-14/h1-7,12,14,22-23H,8-11H2,(H2,21,24). The van der Waals surface area contributed by atoms with Crippen molar-refractivity contribution in [3.63, 3.8) is 0 Å². The summed E-state index contributed by atoms with van der Waals surface area (Å²) in [5, 5.41) is 4.41. The molecule has 4 heteroatoms. The van der Waals surface area contributed by atoms with Crippen molar-refractivity contribution in [2.24, 2.45) is 5.73 Å². The average Bonchev–Trinajstić information content (AvgIpc) is 3.06. The number of carbonyl (C=O) groups is 1. The molecule has 2 aromatic carbocycles. The van der Waals surface area contributed by atoms with Crippen LogP contribution >= 0.6 is 0 Å². The lowest BCUT2D eigenvalue weighted by molar-refractivity contribution is 0.100. The average molecular weight is 319 g/mol. The lowest BCUT2D eigenvalue weighted by Gasteiger charge is -2.23. The highest BCUT2D eigenvalue weighted by Gasteiger charge is 2.15. The van der Waals surface area contributed by atoms with Gasteiger partial charge in [-0.3, -0.25) is 4.79 Å². The fraction of sp³-hybridized carbons (Fsp3) is 0.250. The van der Waals surface area contributed by atoms with E-state index in [2.05, 4.69) is 40.6 Å². The number of primary amides is 1. The molecule has 4 rings (SSSR count). The molecule has 1 aromatic heterocycles. The summed E-state index contributed by atoms with van der Waals surface area (Å²) in [6, 6.07) is 16.5. The Morgan fingerprint density at radius 3 is 2.50 bits per heavy atom. The van der Waals surface area contributed by atoms with Gasteiger partial charge in [0.25, 0.3) is 5.91 Å². The van der Waals surface area contributed by atoms with Gasteiger partial charge in [-0.15, -0.1) is 0 Å². The first-order valence-electron chi connectivity index (χ1n) is 8.45. The molecule has 1 fully saturated rings. The summed E-state index contributed by atoms with van der Waals surface area (Å²) in [7, 11) is 0. The summed E-state index contributed by atoms with van der Waals surface area (Å²) in [4.78, 5) is 14.9. The number of nitrogens with one attached hydrogen (secondary N) is 2. The maximum absolute atomic E-state index is 11.6. The van der Waals surface area contributed by atoms with E-state index in [0.717, 1.165) is 35.2 Å². The third kappa shape index (κ3) is 2.69. The van der Waals surface area contributed by atoms with Crippen LogP contribution in [0, 0.1) is 0 Å². The van der Waals surface area contributed by atoms with Crippen molar-refractivity contribution in [2.75, 3.05) is 13.1 Å². The second-order valence-electron chi connectivity index (χ2n) is 6.46. The quantitative estimate of drug-likeness (QED) is 0.692. The molecule has 2 heterocycles. The summed E-state index contributed by atoms with van der Waals surface area (Å²) in [6.07, 6.45) is 2.40. The SMILES string of the molecule is NC(=O)c1cccc2cc(-c3ccc(C4CCNCC4)cc3)[nH]c12. The molecule has 1 amide bonds. The van der Waals surface area contributed by atoms with Gasteiger partial charge in [0.15, 0.2) is 0 Å². The number of rotatable bonds is 3. The molecule has 1 saturated heterocycles. The number of para-hydroxylation sites is 1. The van der Waals surface area contributed by atoms with Gasteiger partial charge in [0.05, 0.1) is 11.1 Å². The van der Waals surface area contributed by atoms with Crippen LogP contribution in [-0.2, 0) is 0 Å². The van der Waals surface area contributed by atoms with Crippen LogP contribution in [0.2, 0.25) is 0 Å². The monoisotopic (exact) mass is 319 g/mol. The summed E-state index contributed by atoms with van der Waals surface area (Å²) >= 11 is 0. The zero-order chi connectivity index (χ0) is 16.5. The molecule has 122 valence electrons. The van der Waals surface area contributed by atoms with Crippen molar-refractivity contribution in [3.8, 4) is 11.3 Å². The number of aromatic nitrogens is 1. The third-order valence-corrected chi connectivity index (χ3v) is 4.95. The predicted molar refractivity (Wildman–Crippen MR) is 97.1 cm³/mol. The number of aromatic amines is 1. The number of piperidine rings is 1. The molecule has 0 radical (unpaired) electrons. The van der Waals surface area contributed by atoms with Crippen LogP contribution < -0.4 is 11.1 Å². The molecule has 0 atom stereocenters. The van der Waals surface area contributed by atoms with Gasteiger partial charge in [0.2, 0.25) is 0 Å². The van der Waals surface area contributed by atoms with Gasteiger partial charge < -0.3 is 16.0 Å². The van der Waals surface area contributed by atoms with Gasteiger partial charge in [-0.2, -0.15) is 0 Å². The highest BCUT2D eigenvalue weighted by Crippen LogP contribution is 2.29. The molecule has 4 nitrogen and oxygen atoms in total. The molecular formula is C20H21N3O. The van der Waals surface area contributed by atoms with E-state index in [0.29, 0.717) is 11.5 Å². The number of hydrogen-bond acceptors (Lipinski definition) is 2. The van der Waals surface area contributed by atoms with E-state index in [1.807, 2.05) is 12.1 Å². The summed E-state index contributed by atoms with van der Waals surface area (Å²) < 4.78 is 0. The van der Waals surface area contributed by atoms with Crippen LogP contribution in [0.5, 0.6) is 0 Å². The van der Waals surface area contributed by atoms with Crippen LogP contribution in [0.25, 0.3) is 22.2 Å². The fourth-order valence-corrected chi connectivity index (χ4v) is 3.61. The highest BCUT2D eigenvalue weighted by atomic mass is 16.1. The summed E-state index contributed by atoms with van der Waals surface area (Å²) in [6.45, 7) is 2.20. The smallest absolute Gasteiger partial charge is 0.250 e. The summed E-state index contributed by atoms with van der Waals surface area (Å²) in [5.41, 5.74) is 10.4. The van der Waals surface area contributed by atoms with Gasteiger partial charge in [-0.1, -0.05) is 36.4 Å². The van der Waals surface area contributed by atoms with E-state index in [-0.39, 0.29) is 0 Å². The maximum atomic E-state index is 11.6. The van der Waals surface area contributed by atoms with Crippen molar-refractivity contribution < 1.29 is 4.79 Å². The Bertz CT molecular complexity index is 874. The van der Waals surface area contributed by atoms with Gasteiger partial charge in [0.1, 0.15) is 0 Å². The lowest BCUT2D eigenvalue weighted by Crippen LogP contribution is -2.26. The minimum Gasteiger partial charge on any atom is -0.366 e. The third-order valence-electron chi connectivity index (χ3n) is 4.95. The Hall–Kier alpha value is -2.59. The van der Waals surface area contributed by atoms with Crippen molar-refractivity contribution in [1.29, 1.82) is 0 Å². The topological polar surface area (TPSA) is 70.9 Å². The molecule has 1 aliphatic rings. The number of nitrogens with two attached hydrogens (primary N) is 1. The van der Waals surface area contributed by atoms with Gasteiger partial charge >= 0.3 is 0 Å². The van der Waals surface area contributed by atoms with Crippen LogP contribution in [-0.4, -0.2) is 24.0 Å². The second kappa shape index (κ2) is 6.13. The second-order valence-corrected chi connectivity index (χ2v) is 6.46. The minimum absolute atomic E-state index is 0.407. The van der Waals surface area contributed by atoms with Gasteiger partial charge in [0, 0.05) is 11.1 Å². The molecule has 0 aliphatic carbocycles. The van der Waals surface area contributed by atoms with E-state index in [9.17, 15) is 4.79 Å². The largest absolute Gasteiger partial charge is 0.366 e. The Balaban J connectivity index is 1.67. The number of H-pyrrole nitrogens is 1. The number of amides is 1. The normalized spacial score (nSPS) is 15.7. The van der Waals surface area contributed by atoms with Crippen molar-refractivity contribution in [2.45, 2.75) is 18.8 Å². The lowest BCUT2D eigenvalue weighted by atomic mass is 9.89. The molecule has 0 bridgehead atoms. The molecule has 0 spiro atoms. The number of carbonyl (C=O) groups excluding carboxylic acids is 1. The molecule has 0 unspecified atom stereocenters. The van der Waals surface area contributed by atoms with Crippen LogP contribution in [0.3, 0.4) is 0 Å². The van der Waals surface area contributed by atoms with Crippen molar-refractivity contribution in [1.82, 2.24) is 10.3 Å². The van der Waals surface area contributed by atoms with E-state index >= 15 is 0 Å². The molecule has 0 saturated carbocycles. The van der Waals surface area contributed by atoms with Gasteiger partial charge in [-0.05, 0) is 55.1 Å². The first kappa shape index (κ1) is 15.0. The number of hydrogen-bond donors (Lipinski definition) is 3.